The summed E-state index contributed by atoms with van der Waals surface area (Å²) in [7, 11) is -0.965. The van der Waals surface area contributed by atoms with Crippen LogP contribution in [0.1, 0.15) is 96.8 Å². The first-order valence-electron chi connectivity index (χ1n) is 11.4. The van der Waals surface area contributed by atoms with Gasteiger partial charge < -0.3 is 0 Å². The summed E-state index contributed by atoms with van der Waals surface area (Å²) in [5.74, 6) is 0. The van der Waals surface area contributed by atoms with E-state index >= 15 is 0 Å². The number of unbranched alkanes of at least 4 members (excludes halogenated alkanes) is 12. The number of hydrogen-bond donors (Lipinski definition) is 0. The molecule has 0 radical (unpaired) electrons. The average Bonchev–Trinajstić information content (AvgIpc) is 3.03. The molecule has 1 aromatic carbocycles. The van der Waals surface area contributed by atoms with Gasteiger partial charge in [0.05, 0.1) is 4.90 Å². The molecule has 1 aromatic rings. The van der Waals surface area contributed by atoms with E-state index in [2.05, 4.69) is 25.1 Å². The lowest BCUT2D eigenvalue weighted by Gasteiger charge is -2.11. The van der Waals surface area contributed by atoms with Crippen LogP contribution in [0.15, 0.2) is 46.2 Å². The fourth-order valence-electron chi connectivity index (χ4n) is 3.54. The van der Waals surface area contributed by atoms with Gasteiger partial charge in [-0.25, -0.2) is 4.21 Å². The second-order valence-electron chi connectivity index (χ2n) is 7.78. The third-order valence-electron chi connectivity index (χ3n) is 5.27. The highest BCUT2D eigenvalue weighted by Gasteiger charge is 2.26. The van der Waals surface area contributed by atoms with Crippen LogP contribution in [0.5, 0.6) is 0 Å². The van der Waals surface area contributed by atoms with E-state index in [9.17, 15) is 4.21 Å². The third-order valence-corrected chi connectivity index (χ3v) is 8.26. The molecule has 4 heteroatoms. The summed E-state index contributed by atoms with van der Waals surface area (Å²) in [6.45, 7) is 3.20. The fourth-order valence-corrected chi connectivity index (χ4v) is 6.30. The van der Waals surface area contributed by atoms with Crippen LogP contribution in [-0.4, -0.2) is 14.5 Å². The van der Waals surface area contributed by atoms with Gasteiger partial charge in [0, 0.05) is 11.4 Å². The van der Waals surface area contributed by atoms with E-state index in [0.717, 1.165) is 22.8 Å². The predicted octanol–water partition coefficient (Wildman–Crippen LogP) is 8.07. The molecule has 158 valence electrons. The molecule has 1 aliphatic rings. The summed E-state index contributed by atoms with van der Waals surface area (Å²) in [4.78, 5) is 2.14. The lowest BCUT2D eigenvalue weighted by Crippen LogP contribution is -2.15. The van der Waals surface area contributed by atoms with Crippen molar-refractivity contribution >= 4 is 22.9 Å². The Bertz CT molecular complexity index is 588. The molecule has 2 rings (SSSR count). The number of allylic oxidation sites excluding steroid dienone is 2. The molecule has 28 heavy (non-hydrogen) atoms. The van der Waals surface area contributed by atoms with Crippen molar-refractivity contribution in [3.05, 3.63) is 36.4 Å². The highest BCUT2D eigenvalue weighted by atomic mass is 32.2. The number of nitrogens with zero attached hydrogens (tertiary/aromatic N) is 1. The van der Waals surface area contributed by atoms with Crippen LogP contribution in [0, 0.1) is 0 Å². The maximum absolute atomic E-state index is 12.4. The summed E-state index contributed by atoms with van der Waals surface area (Å²) >= 11 is 1.66. The largest absolute Gasteiger partial charge is 0.236 e. The normalized spacial score (nSPS) is 16.8. The van der Waals surface area contributed by atoms with E-state index < -0.39 is 11.0 Å². The van der Waals surface area contributed by atoms with Gasteiger partial charge in [0.2, 0.25) is 0 Å². The molecule has 0 aliphatic carbocycles. The van der Waals surface area contributed by atoms with E-state index in [1.165, 1.54) is 83.5 Å². The molecule has 0 saturated carbocycles. The first-order chi connectivity index (χ1) is 13.8. The fraction of sp³-hybridized carbons (Fsp3) is 0.667. The molecule has 1 aliphatic heterocycles. The molecule has 0 aromatic heterocycles. The second-order valence-corrected chi connectivity index (χ2v) is 10.5. The third kappa shape index (κ3) is 9.28. The zero-order valence-electron chi connectivity index (χ0n) is 17.7. The van der Waals surface area contributed by atoms with Gasteiger partial charge in [-0.1, -0.05) is 89.0 Å². The van der Waals surface area contributed by atoms with Crippen LogP contribution in [0.3, 0.4) is 0 Å². The highest BCUT2D eigenvalue weighted by molar-refractivity contribution is 8.08. The number of hydrogen-bond acceptors (Lipinski definition) is 2. The maximum Gasteiger partial charge on any atom is 0.139 e. The number of fused-ring (bicyclic) bond motifs is 1. The number of benzene rings is 1. The van der Waals surface area contributed by atoms with Crippen LogP contribution in [0.25, 0.3) is 0 Å². The second kappa shape index (κ2) is 15.3. The lowest BCUT2D eigenvalue weighted by atomic mass is 10.1. The van der Waals surface area contributed by atoms with Gasteiger partial charge in [0.25, 0.3) is 0 Å². The van der Waals surface area contributed by atoms with Crippen LogP contribution in [-0.2, 0) is 11.0 Å². The Kier molecular flexibility index (Phi) is 12.9. The average molecular weight is 422 g/mol. The Morgan fingerprint density at radius 3 is 2.04 bits per heavy atom. The van der Waals surface area contributed by atoms with Gasteiger partial charge in [-0.15, -0.1) is 0 Å². The van der Waals surface area contributed by atoms with Crippen LogP contribution in [0.4, 0.5) is 0 Å². The van der Waals surface area contributed by atoms with E-state index in [-0.39, 0.29) is 0 Å². The molecule has 0 amide bonds. The van der Waals surface area contributed by atoms with Gasteiger partial charge >= 0.3 is 0 Å². The van der Waals surface area contributed by atoms with Crippen molar-refractivity contribution in [3.8, 4) is 0 Å². The van der Waals surface area contributed by atoms with Crippen molar-refractivity contribution in [3.63, 3.8) is 0 Å². The molecule has 0 fully saturated rings. The van der Waals surface area contributed by atoms with Crippen molar-refractivity contribution in [1.29, 1.82) is 0 Å². The van der Waals surface area contributed by atoms with Gasteiger partial charge in [-0.05, 0) is 56.2 Å². The number of rotatable bonds is 16. The Hall–Kier alpha value is -0.580. The SMILES string of the molecule is CCCCCCCCC=CCCCCCCCCN1Sc2ccccc2S1=O. The molecule has 0 bridgehead atoms. The predicted molar refractivity (Wildman–Crippen MR) is 125 cm³/mol. The minimum absolute atomic E-state index is 0.924. The van der Waals surface area contributed by atoms with Crippen molar-refractivity contribution in [1.82, 2.24) is 3.71 Å². The van der Waals surface area contributed by atoms with Crippen molar-refractivity contribution in [2.24, 2.45) is 0 Å². The molecule has 0 spiro atoms. The first kappa shape index (κ1) is 23.7. The lowest BCUT2D eigenvalue weighted by molar-refractivity contribution is 0.557. The highest BCUT2D eigenvalue weighted by Crippen LogP contribution is 2.38. The molecule has 1 unspecified atom stereocenters. The molecule has 0 saturated heterocycles. The monoisotopic (exact) mass is 421 g/mol. The minimum Gasteiger partial charge on any atom is -0.236 e. The van der Waals surface area contributed by atoms with Crippen LogP contribution >= 0.6 is 11.9 Å². The maximum atomic E-state index is 12.4. The van der Waals surface area contributed by atoms with E-state index in [4.69, 9.17) is 0 Å². The van der Waals surface area contributed by atoms with Crippen molar-refractivity contribution < 1.29 is 4.21 Å². The van der Waals surface area contributed by atoms with Crippen LogP contribution < -0.4 is 0 Å². The van der Waals surface area contributed by atoms with Gasteiger partial charge in [0.1, 0.15) is 11.0 Å². The molecule has 1 heterocycles. The molecule has 0 N–H and O–H groups in total. The summed E-state index contributed by atoms with van der Waals surface area (Å²) in [6.07, 6.45) is 23.4. The van der Waals surface area contributed by atoms with Gasteiger partial charge in [-0.3, -0.25) is 0 Å². The summed E-state index contributed by atoms with van der Waals surface area (Å²) in [5.41, 5.74) is 0. The van der Waals surface area contributed by atoms with E-state index in [1.807, 2.05) is 21.9 Å². The first-order valence-corrected chi connectivity index (χ1v) is 13.3. The molecule has 1 atom stereocenters. The minimum atomic E-state index is -0.965. The Labute approximate surface area is 180 Å². The van der Waals surface area contributed by atoms with Crippen molar-refractivity contribution in [2.45, 2.75) is 107 Å². The Balaban J connectivity index is 1.36. The Morgan fingerprint density at radius 1 is 0.821 bits per heavy atom. The molecule has 2 nitrogen and oxygen atoms in total. The Morgan fingerprint density at radius 2 is 1.39 bits per heavy atom. The van der Waals surface area contributed by atoms with Gasteiger partial charge in [-0.2, -0.15) is 3.71 Å². The standard InChI is InChI=1S/C24H39NOS2/c1-2-3-4-5-6-7-8-9-10-11-12-13-14-15-16-19-22-25-27-23-20-17-18-21-24(23)28(25)26/h9-10,17-18,20-21H,2-8,11-16,19,22H2,1H3. The van der Waals surface area contributed by atoms with E-state index in [1.54, 1.807) is 11.9 Å². The van der Waals surface area contributed by atoms with Gasteiger partial charge in [0.15, 0.2) is 0 Å². The topological polar surface area (TPSA) is 20.3 Å². The summed E-state index contributed by atoms with van der Waals surface area (Å²) < 4.78 is 14.4. The van der Waals surface area contributed by atoms with Crippen LogP contribution in [0.2, 0.25) is 0 Å². The quantitative estimate of drug-likeness (QED) is 0.153. The zero-order valence-corrected chi connectivity index (χ0v) is 19.4. The summed E-state index contributed by atoms with van der Waals surface area (Å²) in [6, 6.07) is 8.06. The smallest absolute Gasteiger partial charge is 0.139 e. The van der Waals surface area contributed by atoms with Crippen molar-refractivity contribution in [2.75, 3.05) is 6.54 Å². The molecular weight excluding hydrogens is 382 g/mol. The summed E-state index contributed by atoms with van der Waals surface area (Å²) in [5, 5.41) is 0. The molecular formula is C24H39NOS2. The van der Waals surface area contributed by atoms with E-state index in [0.29, 0.717) is 0 Å². The zero-order chi connectivity index (χ0) is 19.9.